The van der Waals surface area contributed by atoms with Crippen LogP contribution in [0.4, 0.5) is 4.79 Å². The van der Waals surface area contributed by atoms with Crippen molar-refractivity contribution in [1.29, 1.82) is 0 Å². The third-order valence-electron chi connectivity index (χ3n) is 3.74. The molecule has 1 atom stereocenters. The lowest BCUT2D eigenvalue weighted by molar-refractivity contribution is 0.145. The van der Waals surface area contributed by atoms with Crippen molar-refractivity contribution < 1.29 is 14.3 Å². The van der Waals surface area contributed by atoms with Crippen molar-refractivity contribution in [2.45, 2.75) is 51.6 Å². The maximum absolute atomic E-state index is 10.7. The molecule has 1 rings (SSSR count). The molecule has 0 aromatic carbocycles. The summed E-state index contributed by atoms with van der Waals surface area (Å²) in [6, 6.07) is 0. The molecule has 0 aliphatic heterocycles. The van der Waals surface area contributed by atoms with Gasteiger partial charge >= 0.3 is 6.09 Å². The van der Waals surface area contributed by atoms with Crippen LogP contribution in [0.1, 0.15) is 20.8 Å². The first-order chi connectivity index (χ1) is 9.51. The van der Waals surface area contributed by atoms with Crippen LogP contribution in [0.25, 0.3) is 0 Å². The Morgan fingerprint density at radius 3 is 2.62 bits per heavy atom. The Bertz CT molecular complexity index is 485. The van der Waals surface area contributed by atoms with Gasteiger partial charge in [-0.15, -0.1) is 0 Å². The van der Waals surface area contributed by atoms with E-state index in [9.17, 15) is 4.79 Å². The van der Waals surface area contributed by atoms with E-state index >= 15 is 0 Å². The number of nitrogens with zero attached hydrogens (tertiary/aromatic N) is 2. The molecule has 0 fully saturated rings. The number of hydrogen-bond acceptors (Lipinski definition) is 3. The lowest BCUT2D eigenvalue weighted by atomic mass is 10.2. The fourth-order valence-electron chi connectivity index (χ4n) is 1.58. The number of rotatable bonds is 6. The highest BCUT2D eigenvalue weighted by molar-refractivity contribution is 9.10. The van der Waals surface area contributed by atoms with Crippen LogP contribution in [0, 0.1) is 0 Å². The topological polar surface area (TPSA) is 76.4 Å². The van der Waals surface area contributed by atoms with Gasteiger partial charge in [0.15, 0.2) is 8.32 Å². The van der Waals surface area contributed by atoms with Crippen molar-refractivity contribution in [2.24, 2.45) is 0 Å². The fourth-order valence-corrected chi connectivity index (χ4v) is 3.26. The summed E-state index contributed by atoms with van der Waals surface area (Å²) < 4.78 is 8.95. The zero-order valence-corrected chi connectivity index (χ0v) is 15.8. The summed E-state index contributed by atoms with van der Waals surface area (Å²) in [6.45, 7) is 11.5. The minimum absolute atomic E-state index is 0.0686. The number of aromatic nitrogens is 2. The fraction of sp³-hybridized carbons (Fsp3) is 0.692. The van der Waals surface area contributed by atoms with Crippen LogP contribution in [0.2, 0.25) is 18.1 Å². The van der Waals surface area contributed by atoms with Crippen molar-refractivity contribution in [2.75, 3.05) is 6.54 Å². The molecular formula is C13H24BrN3O3Si. The highest BCUT2D eigenvalue weighted by atomic mass is 79.9. The van der Waals surface area contributed by atoms with E-state index in [0.29, 0.717) is 6.54 Å². The number of hydrogen-bond donors (Lipinski definition) is 2. The van der Waals surface area contributed by atoms with Gasteiger partial charge in [0.25, 0.3) is 0 Å². The average molecular weight is 378 g/mol. The molecule has 0 unspecified atom stereocenters. The second kappa shape index (κ2) is 6.93. The third-order valence-corrected chi connectivity index (χ3v) is 8.69. The van der Waals surface area contributed by atoms with Crippen LogP contribution in [0.5, 0.6) is 0 Å². The monoisotopic (exact) mass is 377 g/mol. The van der Waals surface area contributed by atoms with Gasteiger partial charge in [0.05, 0.1) is 23.3 Å². The predicted molar refractivity (Wildman–Crippen MR) is 88.0 cm³/mol. The van der Waals surface area contributed by atoms with E-state index in [0.717, 1.165) is 4.47 Å². The third kappa shape index (κ3) is 5.80. The molecule has 0 aliphatic carbocycles. The Kier molecular flexibility index (Phi) is 6.00. The van der Waals surface area contributed by atoms with Crippen LogP contribution in [-0.2, 0) is 11.0 Å². The quantitative estimate of drug-likeness (QED) is 0.745. The summed E-state index contributed by atoms with van der Waals surface area (Å²) in [5, 5.41) is 15.5. The van der Waals surface area contributed by atoms with E-state index in [1.807, 2.05) is 6.20 Å². The molecular weight excluding hydrogens is 354 g/mol. The van der Waals surface area contributed by atoms with Crippen molar-refractivity contribution in [1.82, 2.24) is 15.1 Å². The molecule has 0 saturated heterocycles. The molecule has 1 aromatic rings. The second-order valence-electron chi connectivity index (χ2n) is 6.57. The smallest absolute Gasteiger partial charge is 0.404 e. The van der Waals surface area contributed by atoms with Gasteiger partial charge in [-0.2, -0.15) is 5.10 Å². The highest BCUT2D eigenvalue weighted by Crippen LogP contribution is 2.37. The lowest BCUT2D eigenvalue weighted by Crippen LogP contribution is -2.48. The SMILES string of the molecule is CC(C)(C)[Si](C)(C)O[C@@H](CNC(=O)O)Cn1cc(Br)cn1. The number of amides is 1. The Labute approximate surface area is 135 Å². The van der Waals surface area contributed by atoms with E-state index in [1.165, 1.54) is 0 Å². The first kappa shape index (κ1) is 18.2. The van der Waals surface area contributed by atoms with Gasteiger partial charge in [-0.1, -0.05) is 20.8 Å². The minimum Gasteiger partial charge on any atom is -0.465 e. The molecule has 120 valence electrons. The Balaban J connectivity index is 2.79. The summed E-state index contributed by atoms with van der Waals surface area (Å²) in [5.74, 6) is 0. The predicted octanol–water partition coefficient (Wildman–Crippen LogP) is 3.30. The van der Waals surface area contributed by atoms with Crippen molar-refractivity contribution >= 4 is 30.3 Å². The van der Waals surface area contributed by atoms with Gasteiger partial charge in [-0.05, 0) is 34.1 Å². The minimum atomic E-state index is -1.97. The number of carbonyl (C=O) groups is 1. The van der Waals surface area contributed by atoms with Gasteiger partial charge in [-0.3, -0.25) is 4.68 Å². The van der Waals surface area contributed by atoms with E-state index in [-0.39, 0.29) is 17.7 Å². The number of halogens is 1. The number of carboxylic acid groups (broad SMARTS) is 1. The zero-order chi connectivity index (χ0) is 16.3. The molecule has 0 saturated carbocycles. The maximum Gasteiger partial charge on any atom is 0.404 e. The highest BCUT2D eigenvalue weighted by Gasteiger charge is 2.39. The molecule has 6 nitrogen and oxygen atoms in total. The largest absolute Gasteiger partial charge is 0.465 e. The van der Waals surface area contributed by atoms with Crippen molar-refractivity contribution in [3.63, 3.8) is 0 Å². The Morgan fingerprint density at radius 2 is 2.19 bits per heavy atom. The van der Waals surface area contributed by atoms with Crippen LogP contribution in [0.15, 0.2) is 16.9 Å². The second-order valence-corrected chi connectivity index (χ2v) is 12.2. The molecule has 8 heteroatoms. The molecule has 0 spiro atoms. The van der Waals surface area contributed by atoms with Crippen molar-refractivity contribution in [3.05, 3.63) is 16.9 Å². The first-order valence-electron chi connectivity index (χ1n) is 6.84. The van der Waals surface area contributed by atoms with E-state index in [1.54, 1.807) is 10.9 Å². The lowest BCUT2D eigenvalue weighted by Gasteiger charge is -2.39. The zero-order valence-electron chi connectivity index (χ0n) is 13.2. The normalized spacial score (nSPS) is 14.0. The van der Waals surface area contributed by atoms with Gasteiger partial charge in [-0.25, -0.2) is 4.79 Å². The van der Waals surface area contributed by atoms with Crippen LogP contribution >= 0.6 is 15.9 Å². The van der Waals surface area contributed by atoms with E-state index in [2.05, 4.69) is 60.2 Å². The summed E-state index contributed by atoms with van der Waals surface area (Å²) in [7, 11) is -1.97. The van der Waals surface area contributed by atoms with Gasteiger partial charge in [0.2, 0.25) is 0 Å². The van der Waals surface area contributed by atoms with E-state index in [4.69, 9.17) is 9.53 Å². The molecule has 1 heterocycles. The standard InChI is InChI=1S/C13H24BrN3O3Si/c1-13(2,3)21(4,5)20-11(7-15-12(18)19)9-17-8-10(14)6-16-17/h6,8,11,15H,7,9H2,1-5H3,(H,18,19)/t11-/m0/s1. The Hall–Kier alpha value is -0.863. The summed E-state index contributed by atoms with van der Waals surface area (Å²) in [6.07, 6.45) is 2.27. The van der Waals surface area contributed by atoms with Crippen LogP contribution in [0.3, 0.4) is 0 Å². The summed E-state index contributed by atoms with van der Waals surface area (Å²) in [4.78, 5) is 10.7. The Morgan fingerprint density at radius 1 is 1.57 bits per heavy atom. The van der Waals surface area contributed by atoms with Gasteiger partial charge < -0.3 is 14.8 Å². The molecule has 0 bridgehead atoms. The van der Waals surface area contributed by atoms with Gasteiger partial charge in [0, 0.05) is 12.7 Å². The van der Waals surface area contributed by atoms with Crippen LogP contribution < -0.4 is 5.32 Å². The summed E-state index contributed by atoms with van der Waals surface area (Å²) in [5.41, 5.74) is 0. The molecule has 21 heavy (non-hydrogen) atoms. The maximum atomic E-state index is 10.7. The van der Waals surface area contributed by atoms with E-state index < -0.39 is 14.4 Å². The average Bonchev–Trinajstić information content (AvgIpc) is 2.69. The summed E-state index contributed by atoms with van der Waals surface area (Å²) >= 11 is 3.35. The molecule has 1 amide bonds. The molecule has 0 radical (unpaired) electrons. The van der Waals surface area contributed by atoms with Gasteiger partial charge in [0.1, 0.15) is 0 Å². The van der Waals surface area contributed by atoms with Crippen LogP contribution in [-0.4, -0.2) is 41.9 Å². The first-order valence-corrected chi connectivity index (χ1v) is 10.5. The molecule has 0 aliphatic rings. The molecule has 2 N–H and O–H groups in total. The number of nitrogens with one attached hydrogen (secondary N) is 1. The van der Waals surface area contributed by atoms with Crippen molar-refractivity contribution in [3.8, 4) is 0 Å². The molecule has 1 aromatic heterocycles.